The Hall–Kier alpha value is -2.34. The molecule has 1 N–H and O–H groups in total. The van der Waals surface area contributed by atoms with Gasteiger partial charge in [0.1, 0.15) is 12.0 Å². The monoisotopic (exact) mass is 398 g/mol. The first-order valence-electron chi connectivity index (χ1n) is 10.6. The van der Waals surface area contributed by atoms with E-state index in [1.54, 1.807) is 0 Å². The Morgan fingerprint density at radius 2 is 2.07 bits per heavy atom. The van der Waals surface area contributed by atoms with Crippen LogP contribution in [0.5, 0.6) is 0 Å². The number of benzene rings is 1. The van der Waals surface area contributed by atoms with Gasteiger partial charge in [0.15, 0.2) is 0 Å². The Kier molecular flexibility index (Phi) is 5.38. The van der Waals surface area contributed by atoms with Crippen molar-refractivity contribution < 1.29 is 19.1 Å². The van der Waals surface area contributed by atoms with E-state index in [4.69, 9.17) is 9.47 Å². The fourth-order valence-corrected chi connectivity index (χ4v) is 5.56. The van der Waals surface area contributed by atoms with Gasteiger partial charge in [-0.1, -0.05) is 31.5 Å². The smallest absolute Gasteiger partial charge is 0.321 e. The maximum Gasteiger partial charge on any atom is 0.321 e. The highest BCUT2D eigenvalue weighted by Crippen LogP contribution is 2.47. The minimum atomic E-state index is -1.02. The average molecular weight is 399 g/mol. The van der Waals surface area contributed by atoms with E-state index in [0.717, 1.165) is 61.1 Å². The Bertz CT molecular complexity index is 921. The van der Waals surface area contributed by atoms with E-state index < -0.39 is 5.41 Å². The van der Waals surface area contributed by atoms with Crippen molar-refractivity contribution in [1.82, 2.24) is 9.88 Å². The zero-order valence-corrected chi connectivity index (χ0v) is 17.5. The third-order valence-electron chi connectivity index (χ3n) is 6.97. The highest BCUT2D eigenvalue weighted by molar-refractivity contribution is 5.91. The number of esters is 2. The number of piperidine rings is 1. The average Bonchev–Trinajstić information content (AvgIpc) is 3.14. The number of fused-ring (bicyclic) bond motifs is 4. The number of hydrogen-bond acceptors (Lipinski definition) is 5. The topological polar surface area (TPSA) is 71.6 Å². The van der Waals surface area contributed by atoms with Crippen molar-refractivity contribution in [1.29, 1.82) is 0 Å². The van der Waals surface area contributed by atoms with Crippen LogP contribution in [0.1, 0.15) is 37.9 Å². The molecule has 3 aliphatic rings. The van der Waals surface area contributed by atoms with Crippen LogP contribution in [0, 0.1) is 11.8 Å². The number of para-hydroxylation sites is 1. The van der Waals surface area contributed by atoms with Gasteiger partial charge in [-0.2, -0.15) is 0 Å². The second-order valence-electron chi connectivity index (χ2n) is 8.38. The number of methoxy groups -OCH3 is 1. The summed E-state index contributed by atoms with van der Waals surface area (Å²) in [5.41, 5.74) is 2.00. The van der Waals surface area contributed by atoms with Crippen molar-refractivity contribution in [3.63, 3.8) is 0 Å². The van der Waals surface area contributed by atoms with Gasteiger partial charge in [0.25, 0.3) is 0 Å². The van der Waals surface area contributed by atoms with Crippen molar-refractivity contribution in [2.24, 2.45) is 11.8 Å². The van der Waals surface area contributed by atoms with Gasteiger partial charge in [0.05, 0.1) is 7.11 Å². The lowest BCUT2D eigenvalue weighted by Crippen LogP contribution is -2.55. The predicted molar refractivity (Wildman–Crippen MR) is 111 cm³/mol. The lowest BCUT2D eigenvalue weighted by Gasteiger charge is -2.45. The van der Waals surface area contributed by atoms with E-state index in [2.05, 4.69) is 22.9 Å². The highest BCUT2D eigenvalue weighted by Gasteiger charge is 2.55. The Morgan fingerprint density at radius 1 is 1.28 bits per heavy atom. The maximum absolute atomic E-state index is 13.5. The van der Waals surface area contributed by atoms with Gasteiger partial charge in [0, 0.05) is 36.6 Å². The zero-order chi connectivity index (χ0) is 20.6. The first-order chi connectivity index (χ1) is 14.0. The molecule has 1 unspecified atom stereocenters. The third-order valence-corrected chi connectivity index (χ3v) is 6.97. The summed E-state index contributed by atoms with van der Waals surface area (Å²) in [4.78, 5) is 31.4. The number of nitrogens with one attached hydrogen (secondary N) is 1. The van der Waals surface area contributed by atoms with Crippen molar-refractivity contribution in [2.45, 2.75) is 38.5 Å². The molecule has 3 aliphatic heterocycles. The first kappa shape index (κ1) is 20.0. The summed E-state index contributed by atoms with van der Waals surface area (Å²) in [5, 5.41) is 1.13. The predicted octanol–water partition coefficient (Wildman–Crippen LogP) is 3.05. The van der Waals surface area contributed by atoms with Gasteiger partial charge in [-0.05, 0) is 42.9 Å². The number of H-pyrrole nitrogens is 1. The summed E-state index contributed by atoms with van der Waals surface area (Å²) in [6.45, 7) is 6.45. The van der Waals surface area contributed by atoms with E-state index in [1.807, 2.05) is 18.2 Å². The Labute approximate surface area is 171 Å². The van der Waals surface area contributed by atoms with Gasteiger partial charge in [-0.25, -0.2) is 0 Å². The molecule has 1 aromatic heterocycles. The van der Waals surface area contributed by atoms with Gasteiger partial charge in [-0.15, -0.1) is 0 Å². The molecule has 156 valence electrons. The summed E-state index contributed by atoms with van der Waals surface area (Å²) in [6.07, 6.45) is 2.69. The molecule has 0 radical (unpaired) electrons. The lowest BCUT2D eigenvalue weighted by atomic mass is 9.63. The largest absolute Gasteiger partial charge is 0.468 e. The number of hydrogen-bond donors (Lipinski definition) is 1. The van der Waals surface area contributed by atoms with Crippen LogP contribution in [0.3, 0.4) is 0 Å². The number of carbonyl (C=O) groups is 2. The fraction of sp³-hybridized carbons (Fsp3) is 0.565. The molecule has 6 nitrogen and oxygen atoms in total. The highest BCUT2D eigenvalue weighted by atomic mass is 16.5. The molecule has 2 bridgehead atoms. The minimum absolute atomic E-state index is 0.00992. The molecule has 5 rings (SSSR count). The molecule has 6 heteroatoms. The van der Waals surface area contributed by atoms with Crippen LogP contribution in [0.15, 0.2) is 24.3 Å². The normalized spacial score (nSPS) is 28.9. The molecule has 0 aliphatic carbocycles. The van der Waals surface area contributed by atoms with Crippen LogP contribution >= 0.6 is 0 Å². The molecular formula is C23H30N2O4. The summed E-state index contributed by atoms with van der Waals surface area (Å²) in [5.74, 6) is -0.321. The summed E-state index contributed by atoms with van der Waals surface area (Å²) in [6, 6.07) is 8.16. The van der Waals surface area contributed by atoms with Gasteiger partial charge >= 0.3 is 11.9 Å². The number of carbonyl (C=O) groups excluding carboxylic acids is 2. The van der Waals surface area contributed by atoms with Crippen LogP contribution in [0.4, 0.5) is 0 Å². The Balaban J connectivity index is 2.00. The number of aromatic nitrogens is 1. The van der Waals surface area contributed by atoms with Crippen LogP contribution in [-0.2, 0) is 30.9 Å². The molecule has 1 saturated heterocycles. The molecule has 1 fully saturated rings. The van der Waals surface area contributed by atoms with E-state index >= 15 is 0 Å². The molecule has 0 spiro atoms. The summed E-state index contributed by atoms with van der Waals surface area (Å²) >= 11 is 0. The van der Waals surface area contributed by atoms with Crippen molar-refractivity contribution in [2.75, 3.05) is 33.4 Å². The summed E-state index contributed by atoms with van der Waals surface area (Å²) < 4.78 is 11.0. The molecule has 4 heterocycles. The molecular weight excluding hydrogens is 368 g/mol. The molecule has 4 atom stereocenters. The van der Waals surface area contributed by atoms with Gasteiger partial charge in [-0.3, -0.25) is 9.59 Å². The number of nitrogens with zero attached hydrogens (tertiary/aromatic N) is 1. The Morgan fingerprint density at radius 3 is 2.79 bits per heavy atom. The van der Waals surface area contributed by atoms with Gasteiger partial charge in [0.2, 0.25) is 0 Å². The first-order valence-corrected chi connectivity index (χ1v) is 10.6. The number of aromatic amines is 1. The molecule has 1 aromatic carbocycles. The lowest BCUT2D eigenvalue weighted by molar-refractivity contribution is -0.160. The zero-order valence-electron chi connectivity index (χ0n) is 17.5. The quantitative estimate of drug-likeness (QED) is 0.802. The van der Waals surface area contributed by atoms with E-state index in [9.17, 15) is 9.59 Å². The van der Waals surface area contributed by atoms with Crippen LogP contribution < -0.4 is 0 Å². The van der Waals surface area contributed by atoms with Crippen molar-refractivity contribution in [3.05, 3.63) is 35.5 Å². The number of rotatable bonds is 4. The van der Waals surface area contributed by atoms with E-state index in [-0.39, 0.29) is 24.5 Å². The second kappa shape index (κ2) is 7.82. The number of ether oxygens (including phenoxy) is 2. The van der Waals surface area contributed by atoms with Crippen LogP contribution in [0.2, 0.25) is 0 Å². The van der Waals surface area contributed by atoms with Crippen molar-refractivity contribution >= 4 is 22.8 Å². The summed E-state index contributed by atoms with van der Waals surface area (Å²) in [7, 11) is 1.43. The van der Waals surface area contributed by atoms with Crippen LogP contribution in [-0.4, -0.2) is 55.2 Å². The van der Waals surface area contributed by atoms with Crippen molar-refractivity contribution in [3.8, 4) is 0 Å². The third kappa shape index (κ3) is 3.23. The standard InChI is InChI=1S/C23H30N2O4/c1-4-16-13-25-11-9-18-17-7-5-6-8-20(17)24-21(18)23(22(27)28-3,14-29-15(2)26)19(16)10-12-25/h5-8,16,19,24H,4,9-14H2,1-3H3/t16-,19+,23+/m1/s1. The van der Waals surface area contributed by atoms with Crippen LogP contribution in [0.25, 0.3) is 10.9 Å². The van der Waals surface area contributed by atoms with E-state index in [0.29, 0.717) is 5.92 Å². The molecule has 0 amide bonds. The second-order valence-corrected chi connectivity index (χ2v) is 8.38. The molecule has 29 heavy (non-hydrogen) atoms. The fourth-order valence-electron chi connectivity index (χ4n) is 5.56. The van der Waals surface area contributed by atoms with E-state index in [1.165, 1.54) is 14.0 Å². The van der Waals surface area contributed by atoms with Gasteiger partial charge < -0.3 is 19.4 Å². The molecule has 0 saturated carbocycles. The maximum atomic E-state index is 13.5. The SMILES string of the molecule is CC[C@@H]1CN2CCc3c([nH]c4ccccc34)[C@@](COC(C)=O)(C(=O)OC)[C@H]1CC2. The minimum Gasteiger partial charge on any atom is -0.468 e. The molecule has 2 aromatic rings.